The maximum Gasteiger partial charge on any atom is 0.311 e. The van der Waals surface area contributed by atoms with Gasteiger partial charge in [0.25, 0.3) is 0 Å². The van der Waals surface area contributed by atoms with Crippen LogP contribution < -0.4 is 11.1 Å². The van der Waals surface area contributed by atoms with Crippen molar-refractivity contribution in [3.05, 3.63) is 0 Å². The third kappa shape index (κ3) is 14.3. The Bertz CT molecular complexity index is 1490. The first kappa shape index (κ1) is 57.2. The lowest BCUT2D eigenvalue weighted by Crippen LogP contribution is -2.61. The number of aliphatic hydroxyl groups excluding tert-OH is 2. The van der Waals surface area contributed by atoms with E-state index < -0.39 is 108 Å². The van der Waals surface area contributed by atoms with Gasteiger partial charge >= 0.3 is 11.9 Å². The molecular weight excluding hydrogens is 845 g/mol. The van der Waals surface area contributed by atoms with Gasteiger partial charge in [0.15, 0.2) is 18.7 Å². The van der Waals surface area contributed by atoms with Crippen molar-refractivity contribution in [1.29, 1.82) is 0 Å². The number of cyclic esters (lactones) is 1. The molecular formula is C47H88N4O14. The SMILES string of the molecule is CC[C@H]1OC(=O)[C@H](C)[C@@H](O[C@H]2C[C@@](C)(OC)[C@@H](OC(=O)CCN(CC)CC)[C@H](C)O2)[C@H](C)[C@@H](O[C@@H]2O[C@H](C)C[C@H](N(C)CCCN)[C@H]2O)[C@](C)(OC)C[C@@H](C)C(=O)N[C@H](C)[C@H](O)C1(C)O. The molecule has 0 aromatic carbocycles. The molecule has 18 heteroatoms. The second kappa shape index (κ2) is 25.0. The summed E-state index contributed by atoms with van der Waals surface area (Å²) in [5.41, 5.74) is 1.47. The molecule has 380 valence electrons. The van der Waals surface area contributed by atoms with Gasteiger partial charge in [0.2, 0.25) is 5.91 Å². The molecule has 3 saturated heterocycles. The molecule has 0 aromatic heterocycles. The van der Waals surface area contributed by atoms with Crippen molar-refractivity contribution in [2.24, 2.45) is 23.5 Å². The molecule has 3 fully saturated rings. The summed E-state index contributed by atoms with van der Waals surface area (Å²) in [4.78, 5) is 45.9. The first-order valence-electron chi connectivity index (χ1n) is 24.0. The van der Waals surface area contributed by atoms with Gasteiger partial charge in [-0.05, 0) is 107 Å². The van der Waals surface area contributed by atoms with Crippen molar-refractivity contribution in [3.63, 3.8) is 0 Å². The van der Waals surface area contributed by atoms with Crippen LogP contribution in [0.15, 0.2) is 0 Å². The van der Waals surface area contributed by atoms with Crippen LogP contribution in [0.2, 0.25) is 0 Å². The summed E-state index contributed by atoms with van der Waals surface area (Å²) in [5, 5.41) is 38.1. The maximum absolute atomic E-state index is 14.6. The normalized spacial score (nSPS) is 41.6. The molecule has 18 atom stereocenters. The van der Waals surface area contributed by atoms with Gasteiger partial charge in [0, 0.05) is 45.1 Å². The summed E-state index contributed by atoms with van der Waals surface area (Å²) < 4.78 is 51.4. The zero-order chi connectivity index (χ0) is 49.2. The number of nitrogens with two attached hydrogens (primary N) is 1. The standard InChI is InChI=1S/C47H88N4O14/c1-16-34-47(12,57)39(54)31(8)49-42(55)27(4)25-45(10,58-14)40(65-44-37(53)33(24-28(5)60-44)50(13)22-19-21-48)29(6)38(30(7)43(56)62-34)64-36-26-46(11,59-15)41(32(9)61-36)63-35(52)20-23-51(17-2)18-3/h27-34,36-41,44,53-54,57H,16-26,48H2,1-15H3,(H,49,55)/t27-,28-,29+,30-,31-,32+,33+,34-,36+,37-,38+,39+,40-,41+,44+,45-,46-,47?/m1/s1. The average molecular weight is 933 g/mol. The van der Waals surface area contributed by atoms with Crippen molar-refractivity contribution in [3.8, 4) is 0 Å². The molecule has 0 bridgehead atoms. The number of nitrogens with zero attached hydrogens (tertiary/aromatic N) is 2. The number of hydrogen-bond acceptors (Lipinski definition) is 17. The maximum atomic E-state index is 14.6. The van der Waals surface area contributed by atoms with Crippen LogP contribution in [0, 0.1) is 17.8 Å². The van der Waals surface area contributed by atoms with Crippen molar-refractivity contribution in [2.45, 2.75) is 212 Å². The van der Waals surface area contributed by atoms with Gasteiger partial charge in [-0.15, -0.1) is 0 Å². The average Bonchev–Trinajstić information content (AvgIpc) is 3.26. The van der Waals surface area contributed by atoms with Crippen LogP contribution in [-0.2, 0) is 52.3 Å². The van der Waals surface area contributed by atoms with E-state index in [0.717, 1.165) is 19.5 Å². The van der Waals surface area contributed by atoms with Crippen molar-refractivity contribution in [1.82, 2.24) is 15.1 Å². The molecule has 6 N–H and O–H groups in total. The van der Waals surface area contributed by atoms with Gasteiger partial charge in [-0.25, -0.2) is 0 Å². The molecule has 0 spiro atoms. The van der Waals surface area contributed by atoms with Gasteiger partial charge in [-0.3, -0.25) is 14.4 Å². The minimum atomic E-state index is -1.98. The highest BCUT2D eigenvalue weighted by atomic mass is 16.7. The Morgan fingerprint density at radius 1 is 0.908 bits per heavy atom. The van der Waals surface area contributed by atoms with E-state index in [1.165, 1.54) is 21.1 Å². The van der Waals surface area contributed by atoms with E-state index in [-0.39, 0.29) is 43.8 Å². The van der Waals surface area contributed by atoms with E-state index in [1.54, 1.807) is 41.5 Å². The predicted molar refractivity (Wildman–Crippen MR) is 243 cm³/mol. The fraction of sp³-hybridized carbons (Fsp3) is 0.936. The molecule has 3 aliphatic rings. The fourth-order valence-electron chi connectivity index (χ4n) is 10.0. The second-order valence-corrected chi connectivity index (χ2v) is 19.6. The van der Waals surface area contributed by atoms with Crippen LogP contribution >= 0.6 is 0 Å². The number of methoxy groups -OCH3 is 2. The van der Waals surface area contributed by atoms with Gasteiger partial charge in [-0.1, -0.05) is 34.6 Å². The Kier molecular flexibility index (Phi) is 22.0. The number of likely N-dealkylation sites (N-methyl/N-ethyl adjacent to an activating group) is 1. The highest BCUT2D eigenvalue weighted by Gasteiger charge is 2.54. The molecule has 1 unspecified atom stereocenters. The van der Waals surface area contributed by atoms with Gasteiger partial charge in [0.05, 0.1) is 48.4 Å². The number of rotatable bonds is 17. The highest BCUT2D eigenvalue weighted by Crippen LogP contribution is 2.41. The molecule has 1 amide bonds. The molecule has 3 heterocycles. The molecule has 0 saturated carbocycles. The number of carbonyl (C=O) groups is 3. The molecule has 0 aromatic rings. The number of nitrogens with one attached hydrogen (secondary N) is 1. The third-order valence-corrected chi connectivity index (χ3v) is 14.5. The quantitative estimate of drug-likeness (QED) is 0.132. The minimum absolute atomic E-state index is 0.0743. The van der Waals surface area contributed by atoms with E-state index >= 15 is 0 Å². The summed E-state index contributed by atoms with van der Waals surface area (Å²) >= 11 is 0. The highest BCUT2D eigenvalue weighted by molar-refractivity contribution is 5.78. The van der Waals surface area contributed by atoms with Gasteiger partial charge < -0.3 is 74.1 Å². The van der Waals surface area contributed by atoms with E-state index in [2.05, 4.69) is 15.1 Å². The molecule has 3 aliphatic heterocycles. The topological polar surface area (TPSA) is 230 Å². The Morgan fingerprint density at radius 2 is 1.52 bits per heavy atom. The lowest BCUT2D eigenvalue weighted by Gasteiger charge is -2.50. The predicted octanol–water partition coefficient (Wildman–Crippen LogP) is 2.74. The monoisotopic (exact) mass is 933 g/mol. The Labute approximate surface area is 389 Å². The first-order valence-corrected chi connectivity index (χ1v) is 24.0. The summed E-state index contributed by atoms with van der Waals surface area (Å²) in [5.74, 6) is -4.14. The third-order valence-electron chi connectivity index (χ3n) is 14.5. The van der Waals surface area contributed by atoms with Crippen molar-refractivity contribution < 1.29 is 67.6 Å². The number of ether oxygens (including phenoxy) is 8. The van der Waals surface area contributed by atoms with Crippen molar-refractivity contribution in [2.75, 3.05) is 54.0 Å². The van der Waals surface area contributed by atoms with Gasteiger partial charge in [-0.2, -0.15) is 0 Å². The summed E-state index contributed by atoms with van der Waals surface area (Å²) in [6, 6.07) is -1.29. The number of amides is 1. The van der Waals surface area contributed by atoms with E-state index in [1.807, 2.05) is 41.7 Å². The Hall–Kier alpha value is -2.07. The van der Waals surface area contributed by atoms with E-state index in [4.69, 9.17) is 43.6 Å². The Balaban J connectivity index is 2.18. The molecule has 0 radical (unpaired) electrons. The van der Waals surface area contributed by atoms with Crippen LogP contribution in [0.1, 0.15) is 122 Å². The van der Waals surface area contributed by atoms with Crippen molar-refractivity contribution >= 4 is 17.8 Å². The minimum Gasteiger partial charge on any atom is -0.459 e. The van der Waals surface area contributed by atoms with E-state index in [9.17, 15) is 29.7 Å². The Morgan fingerprint density at radius 3 is 2.09 bits per heavy atom. The number of carbonyl (C=O) groups excluding carboxylic acids is 3. The first-order chi connectivity index (χ1) is 30.4. The van der Waals surface area contributed by atoms with Gasteiger partial charge in [0.1, 0.15) is 29.5 Å². The number of hydrogen-bond donors (Lipinski definition) is 5. The summed E-state index contributed by atoms with van der Waals surface area (Å²) in [7, 11) is 4.97. The lowest BCUT2D eigenvalue weighted by molar-refractivity contribution is -0.320. The van der Waals surface area contributed by atoms with Crippen LogP contribution in [0.4, 0.5) is 0 Å². The zero-order valence-corrected chi connectivity index (χ0v) is 42.2. The summed E-state index contributed by atoms with van der Waals surface area (Å²) in [6.45, 7) is 24.6. The lowest BCUT2D eigenvalue weighted by atomic mass is 9.77. The largest absolute Gasteiger partial charge is 0.459 e. The number of esters is 2. The van der Waals surface area contributed by atoms with Crippen LogP contribution in [0.3, 0.4) is 0 Å². The fourth-order valence-corrected chi connectivity index (χ4v) is 10.0. The molecule has 18 nitrogen and oxygen atoms in total. The number of aliphatic hydroxyl groups is 3. The van der Waals surface area contributed by atoms with Crippen LogP contribution in [0.5, 0.6) is 0 Å². The molecule has 65 heavy (non-hydrogen) atoms. The second-order valence-electron chi connectivity index (χ2n) is 19.6. The van der Waals surface area contributed by atoms with Crippen LogP contribution in [-0.4, -0.2) is 187 Å². The zero-order valence-electron chi connectivity index (χ0n) is 42.2. The molecule has 0 aliphatic carbocycles. The summed E-state index contributed by atoms with van der Waals surface area (Å²) in [6.07, 6.45) is -8.24. The molecule has 3 rings (SSSR count). The van der Waals surface area contributed by atoms with Crippen LogP contribution in [0.25, 0.3) is 0 Å². The van der Waals surface area contributed by atoms with E-state index in [0.29, 0.717) is 26.1 Å². The smallest absolute Gasteiger partial charge is 0.311 e.